The summed E-state index contributed by atoms with van der Waals surface area (Å²) >= 11 is 5.97. The highest BCUT2D eigenvalue weighted by Gasteiger charge is 2.21. The minimum absolute atomic E-state index is 0.570. The molecule has 0 bridgehead atoms. The van der Waals surface area contributed by atoms with Crippen LogP contribution in [0, 0.1) is 6.92 Å². The zero-order chi connectivity index (χ0) is 13.0. The Kier molecular flexibility index (Phi) is 4.87. The highest BCUT2D eigenvalue weighted by molar-refractivity contribution is 6.17. The van der Waals surface area contributed by atoms with Crippen molar-refractivity contribution in [2.45, 2.75) is 57.9 Å². The maximum atomic E-state index is 5.97. The van der Waals surface area contributed by atoms with Gasteiger partial charge >= 0.3 is 0 Å². The van der Waals surface area contributed by atoms with Gasteiger partial charge in [0.2, 0.25) is 0 Å². The Morgan fingerprint density at radius 3 is 2.89 bits per heavy atom. The molecule has 0 aliphatic carbocycles. The van der Waals surface area contributed by atoms with Crippen molar-refractivity contribution in [1.29, 1.82) is 0 Å². The minimum atomic E-state index is 0.570. The van der Waals surface area contributed by atoms with Crippen molar-refractivity contribution in [3.05, 3.63) is 23.4 Å². The molecular formula is C15H23ClN2. The Morgan fingerprint density at radius 1 is 1.33 bits per heavy atom. The van der Waals surface area contributed by atoms with Crippen molar-refractivity contribution in [1.82, 2.24) is 4.98 Å². The molecule has 3 heteroatoms. The number of alkyl halides is 1. The molecule has 1 aliphatic heterocycles. The molecule has 0 aromatic carbocycles. The summed E-state index contributed by atoms with van der Waals surface area (Å²) in [5, 5.41) is 0. The molecule has 100 valence electrons. The number of anilines is 1. The van der Waals surface area contributed by atoms with Gasteiger partial charge in [0, 0.05) is 24.2 Å². The van der Waals surface area contributed by atoms with E-state index < -0.39 is 0 Å². The molecule has 1 aromatic rings. The first kappa shape index (κ1) is 13.7. The summed E-state index contributed by atoms with van der Waals surface area (Å²) in [6, 6.07) is 4.88. The van der Waals surface area contributed by atoms with E-state index in [0.29, 0.717) is 11.9 Å². The molecule has 18 heavy (non-hydrogen) atoms. The third-order valence-electron chi connectivity index (χ3n) is 3.80. The van der Waals surface area contributed by atoms with Gasteiger partial charge in [0.15, 0.2) is 0 Å². The summed E-state index contributed by atoms with van der Waals surface area (Å²) < 4.78 is 0. The van der Waals surface area contributed by atoms with Crippen molar-refractivity contribution in [3.63, 3.8) is 0 Å². The number of rotatable bonds is 3. The second-order valence-electron chi connectivity index (χ2n) is 5.21. The minimum Gasteiger partial charge on any atom is -0.354 e. The number of halogens is 1. The maximum absolute atomic E-state index is 5.97. The van der Waals surface area contributed by atoms with Gasteiger partial charge in [0.1, 0.15) is 5.82 Å². The summed E-state index contributed by atoms with van der Waals surface area (Å²) in [6.07, 6.45) is 6.47. The van der Waals surface area contributed by atoms with Crippen molar-refractivity contribution in [2.75, 3.05) is 11.4 Å². The fourth-order valence-corrected chi connectivity index (χ4v) is 3.00. The maximum Gasteiger partial charge on any atom is 0.129 e. The molecule has 0 radical (unpaired) electrons. The van der Waals surface area contributed by atoms with E-state index >= 15 is 0 Å². The van der Waals surface area contributed by atoms with Crippen LogP contribution >= 0.6 is 11.6 Å². The number of hydrogen-bond acceptors (Lipinski definition) is 2. The first-order valence-electron chi connectivity index (χ1n) is 7.04. The van der Waals surface area contributed by atoms with Gasteiger partial charge in [0.05, 0.1) is 0 Å². The number of aromatic nitrogens is 1. The van der Waals surface area contributed by atoms with Gasteiger partial charge in [-0.2, -0.15) is 0 Å². The van der Waals surface area contributed by atoms with E-state index in [1.165, 1.54) is 37.7 Å². The molecule has 1 saturated heterocycles. The molecule has 1 unspecified atom stereocenters. The average molecular weight is 267 g/mol. The van der Waals surface area contributed by atoms with Crippen molar-refractivity contribution in [3.8, 4) is 0 Å². The molecule has 0 spiro atoms. The highest BCUT2D eigenvalue weighted by Crippen LogP contribution is 2.25. The molecule has 0 saturated carbocycles. The fraction of sp³-hybridized carbons (Fsp3) is 0.667. The van der Waals surface area contributed by atoms with Crippen LogP contribution in [0.3, 0.4) is 0 Å². The SMILES string of the molecule is CCC1CCCCCN1c1cc(CCl)cc(C)n1. The Bertz CT molecular complexity index is 392. The van der Waals surface area contributed by atoms with Gasteiger partial charge in [-0.25, -0.2) is 4.98 Å². The third-order valence-corrected chi connectivity index (χ3v) is 4.11. The monoisotopic (exact) mass is 266 g/mol. The van der Waals surface area contributed by atoms with Crippen LogP contribution in [-0.4, -0.2) is 17.6 Å². The topological polar surface area (TPSA) is 16.1 Å². The van der Waals surface area contributed by atoms with Gasteiger partial charge in [-0.15, -0.1) is 11.6 Å². The van der Waals surface area contributed by atoms with Crippen molar-refractivity contribution >= 4 is 17.4 Å². The normalized spacial score (nSPS) is 20.8. The number of hydrogen-bond donors (Lipinski definition) is 0. The van der Waals surface area contributed by atoms with E-state index in [4.69, 9.17) is 16.6 Å². The average Bonchev–Trinajstić information content (AvgIpc) is 2.62. The predicted octanol–water partition coefficient (Wildman–Crippen LogP) is 4.29. The summed E-state index contributed by atoms with van der Waals surface area (Å²) in [6.45, 7) is 5.47. The predicted molar refractivity (Wildman–Crippen MR) is 78.4 cm³/mol. The summed E-state index contributed by atoms with van der Waals surface area (Å²) in [5.74, 6) is 1.69. The lowest BCUT2D eigenvalue weighted by Crippen LogP contribution is -2.35. The van der Waals surface area contributed by atoms with Gasteiger partial charge in [0.25, 0.3) is 0 Å². The lowest BCUT2D eigenvalue weighted by Gasteiger charge is -2.31. The van der Waals surface area contributed by atoms with Gasteiger partial charge < -0.3 is 4.90 Å². The molecule has 2 heterocycles. The van der Waals surface area contributed by atoms with Gasteiger partial charge in [-0.3, -0.25) is 0 Å². The standard InChI is InChI=1S/C15H23ClN2/c1-3-14-7-5-4-6-8-18(14)15-10-13(11-16)9-12(2)17-15/h9-10,14H,3-8,11H2,1-2H3. The van der Waals surface area contributed by atoms with Crippen LogP contribution in [0.25, 0.3) is 0 Å². The lowest BCUT2D eigenvalue weighted by atomic mass is 10.1. The quantitative estimate of drug-likeness (QED) is 0.759. The van der Waals surface area contributed by atoms with Crippen LogP contribution in [-0.2, 0) is 5.88 Å². The van der Waals surface area contributed by atoms with Crippen LogP contribution in [0.15, 0.2) is 12.1 Å². The zero-order valence-corrected chi connectivity index (χ0v) is 12.2. The summed E-state index contributed by atoms with van der Waals surface area (Å²) in [4.78, 5) is 7.21. The Balaban J connectivity index is 2.29. The van der Waals surface area contributed by atoms with Gasteiger partial charge in [-0.1, -0.05) is 19.8 Å². The van der Waals surface area contributed by atoms with E-state index in [0.717, 1.165) is 18.1 Å². The van der Waals surface area contributed by atoms with E-state index in [1.54, 1.807) is 0 Å². The van der Waals surface area contributed by atoms with Crippen LogP contribution in [0.5, 0.6) is 0 Å². The Hall–Kier alpha value is -0.760. The van der Waals surface area contributed by atoms with E-state index in [1.807, 2.05) is 0 Å². The molecule has 2 nitrogen and oxygen atoms in total. The van der Waals surface area contributed by atoms with Crippen LogP contribution in [0.1, 0.15) is 50.3 Å². The van der Waals surface area contributed by atoms with Crippen molar-refractivity contribution < 1.29 is 0 Å². The second-order valence-corrected chi connectivity index (χ2v) is 5.48. The summed E-state index contributed by atoms with van der Waals surface area (Å²) in [7, 11) is 0. The van der Waals surface area contributed by atoms with Crippen molar-refractivity contribution in [2.24, 2.45) is 0 Å². The fourth-order valence-electron chi connectivity index (χ4n) is 2.85. The number of aryl methyl sites for hydroxylation is 1. The molecular weight excluding hydrogens is 244 g/mol. The lowest BCUT2D eigenvalue weighted by molar-refractivity contribution is 0.552. The smallest absolute Gasteiger partial charge is 0.129 e. The first-order valence-corrected chi connectivity index (χ1v) is 7.58. The number of nitrogens with zero attached hydrogens (tertiary/aromatic N) is 2. The molecule has 1 aliphatic rings. The zero-order valence-electron chi connectivity index (χ0n) is 11.5. The van der Waals surface area contributed by atoms with Crippen LogP contribution < -0.4 is 4.90 Å². The van der Waals surface area contributed by atoms with Gasteiger partial charge in [-0.05, 0) is 43.9 Å². The summed E-state index contributed by atoms with van der Waals surface area (Å²) in [5.41, 5.74) is 2.25. The molecule has 1 fully saturated rings. The molecule has 0 N–H and O–H groups in total. The Labute approximate surface area is 115 Å². The Morgan fingerprint density at radius 2 is 2.17 bits per heavy atom. The van der Waals surface area contributed by atoms with E-state index in [9.17, 15) is 0 Å². The van der Waals surface area contributed by atoms with Crippen LogP contribution in [0.4, 0.5) is 5.82 Å². The molecule has 1 aromatic heterocycles. The van der Waals surface area contributed by atoms with E-state index in [-0.39, 0.29) is 0 Å². The molecule has 0 amide bonds. The largest absolute Gasteiger partial charge is 0.354 e. The highest BCUT2D eigenvalue weighted by atomic mass is 35.5. The van der Waals surface area contributed by atoms with Crippen LogP contribution in [0.2, 0.25) is 0 Å². The first-order chi connectivity index (χ1) is 8.74. The molecule has 2 rings (SSSR count). The number of pyridine rings is 1. The van der Waals surface area contributed by atoms with E-state index in [2.05, 4.69) is 30.9 Å². The third kappa shape index (κ3) is 3.17. The molecule has 1 atom stereocenters. The second kappa shape index (κ2) is 6.42.